The third kappa shape index (κ3) is 3.76. The number of benzene rings is 2. The Balaban J connectivity index is 1.59. The molecule has 172 valence electrons. The van der Waals surface area contributed by atoms with Crippen molar-refractivity contribution in [2.45, 2.75) is 24.9 Å². The first kappa shape index (κ1) is 21.5. The standard InChI is InChI=1S/C26H30N4O3/c1-28(2)12-7-13-29-16-23(31)30-22(26(29)32)15-20-19-10-4-5-11-21(19)27-24(20)25(30)17-8-6-9-18(14-17)33-3/h4-6,8-11,14,22,25,27H,7,12-13,15-16H2,1-3H3. The lowest BCUT2D eigenvalue weighted by atomic mass is 9.86. The number of rotatable bonds is 6. The number of hydrogen-bond donors (Lipinski definition) is 1. The van der Waals surface area contributed by atoms with Crippen LogP contribution in [0.2, 0.25) is 0 Å². The number of piperazine rings is 1. The van der Waals surface area contributed by atoms with Gasteiger partial charge >= 0.3 is 0 Å². The van der Waals surface area contributed by atoms with E-state index in [2.05, 4.69) is 16.0 Å². The van der Waals surface area contributed by atoms with E-state index in [1.54, 1.807) is 16.9 Å². The first-order chi connectivity index (χ1) is 16.0. The quantitative estimate of drug-likeness (QED) is 0.632. The number of aromatic nitrogens is 1. The first-order valence-corrected chi connectivity index (χ1v) is 11.5. The third-order valence-electron chi connectivity index (χ3n) is 6.79. The molecule has 1 N–H and O–H groups in total. The number of nitrogens with zero attached hydrogens (tertiary/aromatic N) is 3. The summed E-state index contributed by atoms with van der Waals surface area (Å²) in [6, 6.07) is 15.1. The van der Waals surface area contributed by atoms with Gasteiger partial charge in [-0.3, -0.25) is 9.59 Å². The van der Waals surface area contributed by atoms with Crippen molar-refractivity contribution in [3.8, 4) is 5.75 Å². The number of para-hydroxylation sites is 1. The lowest BCUT2D eigenvalue weighted by Crippen LogP contribution is -2.63. The van der Waals surface area contributed by atoms with Crippen LogP contribution in [0.15, 0.2) is 48.5 Å². The molecule has 3 heterocycles. The SMILES string of the molecule is COc1cccc(C2c3[nH]c4ccccc4c3CC3C(=O)N(CCCN(C)C)CC(=O)N32)c1. The van der Waals surface area contributed by atoms with Gasteiger partial charge in [0.15, 0.2) is 0 Å². The Morgan fingerprint density at radius 3 is 2.73 bits per heavy atom. The van der Waals surface area contributed by atoms with Crippen molar-refractivity contribution in [2.75, 3.05) is 40.8 Å². The van der Waals surface area contributed by atoms with E-state index in [0.29, 0.717) is 13.0 Å². The first-order valence-electron chi connectivity index (χ1n) is 11.5. The van der Waals surface area contributed by atoms with Gasteiger partial charge in [-0.2, -0.15) is 0 Å². The van der Waals surface area contributed by atoms with Crippen molar-refractivity contribution in [2.24, 2.45) is 0 Å². The molecule has 1 saturated heterocycles. The van der Waals surface area contributed by atoms with Crippen LogP contribution in [-0.4, -0.2) is 78.4 Å². The number of hydrogen-bond acceptors (Lipinski definition) is 4. The van der Waals surface area contributed by atoms with Crippen molar-refractivity contribution in [3.05, 3.63) is 65.4 Å². The van der Waals surface area contributed by atoms with Gasteiger partial charge in [-0.05, 0) is 56.4 Å². The molecule has 0 saturated carbocycles. The topological polar surface area (TPSA) is 68.9 Å². The summed E-state index contributed by atoms with van der Waals surface area (Å²) >= 11 is 0. The van der Waals surface area contributed by atoms with Crippen molar-refractivity contribution in [1.29, 1.82) is 0 Å². The summed E-state index contributed by atoms with van der Waals surface area (Å²) < 4.78 is 5.46. The summed E-state index contributed by atoms with van der Waals surface area (Å²) in [6.07, 6.45) is 1.37. The molecule has 33 heavy (non-hydrogen) atoms. The van der Waals surface area contributed by atoms with Crippen LogP contribution in [0, 0.1) is 0 Å². The number of carbonyl (C=O) groups excluding carboxylic acids is 2. The largest absolute Gasteiger partial charge is 0.497 e. The Labute approximate surface area is 193 Å². The molecule has 0 spiro atoms. The van der Waals surface area contributed by atoms with E-state index in [9.17, 15) is 9.59 Å². The minimum atomic E-state index is -0.506. The fourth-order valence-electron chi connectivity index (χ4n) is 5.25. The second kappa shape index (κ2) is 8.56. The molecule has 2 unspecified atom stereocenters. The second-order valence-electron chi connectivity index (χ2n) is 9.18. The van der Waals surface area contributed by atoms with Crippen LogP contribution >= 0.6 is 0 Å². The van der Waals surface area contributed by atoms with E-state index < -0.39 is 6.04 Å². The highest BCUT2D eigenvalue weighted by Gasteiger charge is 2.48. The summed E-state index contributed by atoms with van der Waals surface area (Å²) in [6.45, 7) is 1.60. The summed E-state index contributed by atoms with van der Waals surface area (Å²) in [5, 5.41) is 1.12. The lowest BCUT2D eigenvalue weighted by Gasteiger charge is -2.47. The number of methoxy groups -OCH3 is 1. The summed E-state index contributed by atoms with van der Waals surface area (Å²) in [5.74, 6) is 0.757. The van der Waals surface area contributed by atoms with Crippen LogP contribution in [0.4, 0.5) is 0 Å². The van der Waals surface area contributed by atoms with Crippen LogP contribution in [0.3, 0.4) is 0 Å². The molecule has 2 aromatic carbocycles. The number of amides is 2. The van der Waals surface area contributed by atoms with Gasteiger partial charge in [0.2, 0.25) is 11.8 Å². The van der Waals surface area contributed by atoms with Crippen LogP contribution in [0.25, 0.3) is 10.9 Å². The van der Waals surface area contributed by atoms with Gasteiger partial charge < -0.3 is 24.4 Å². The highest BCUT2D eigenvalue weighted by molar-refractivity contribution is 5.97. The van der Waals surface area contributed by atoms with Gasteiger partial charge in [-0.25, -0.2) is 0 Å². The third-order valence-corrected chi connectivity index (χ3v) is 6.79. The minimum absolute atomic E-state index is 0.0124. The normalized spacial score (nSPS) is 20.4. The number of fused-ring (bicyclic) bond motifs is 4. The highest BCUT2D eigenvalue weighted by atomic mass is 16.5. The molecule has 2 amide bonds. The molecule has 0 radical (unpaired) electrons. The molecule has 5 rings (SSSR count). The van der Waals surface area contributed by atoms with Crippen LogP contribution < -0.4 is 4.74 Å². The maximum atomic E-state index is 13.6. The van der Waals surface area contributed by atoms with Gasteiger partial charge in [-0.1, -0.05) is 30.3 Å². The molecule has 0 aliphatic carbocycles. The van der Waals surface area contributed by atoms with E-state index in [1.807, 2.05) is 56.6 Å². The molecule has 1 aromatic heterocycles. The van der Waals surface area contributed by atoms with Gasteiger partial charge in [0.05, 0.1) is 19.7 Å². The van der Waals surface area contributed by atoms with Crippen molar-refractivity contribution in [3.63, 3.8) is 0 Å². The molecular weight excluding hydrogens is 416 g/mol. The van der Waals surface area contributed by atoms with E-state index in [-0.39, 0.29) is 24.4 Å². The van der Waals surface area contributed by atoms with Gasteiger partial charge in [0, 0.05) is 29.6 Å². The smallest absolute Gasteiger partial charge is 0.246 e. The van der Waals surface area contributed by atoms with Gasteiger partial charge in [0.25, 0.3) is 0 Å². The second-order valence-corrected chi connectivity index (χ2v) is 9.18. The molecule has 2 aliphatic rings. The van der Waals surface area contributed by atoms with E-state index >= 15 is 0 Å². The summed E-state index contributed by atoms with van der Waals surface area (Å²) in [7, 11) is 5.67. The molecule has 2 atom stereocenters. The zero-order valence-corrected chi connectivity index (χ0v) is 19.4. The van der Waals surface area contributed by atoms with Crippen LogP contribution in [0.5, 0.6) is 5.75 Å². The molecule has 7 heteroatoms. The van der Waals surface area contributed by atoms with Crippen molar-refractivity contribution >= 4 is 22.7 Å². The zero-order chi connectivity index (χ0) is 23.1. The average Bonchev–Trinajstić information content (AvgIpc) is 3.19. The maximum Gasteiger partial charge on any atom is 0.246 e. The van der Waals surface area contributed by atoms with Crippen LogP contribution in [0.1, 0.15) is 29.3 Å². The van der Waals surface area contributed by atoms with E-state index in [4.69, 9.17) is 4.74 Å². The predicted octanol–water partition coefficient (Wildman–Crippen LogP) is 2.81. The molecule has 1 fully saturated rings. The van der Waals surface area contributed by atoms with Crippen molar-refractivity contribution < 1.29 is 14.3 Å². The number of carbonyl (C=O) groups is 2. The Hall–Kier alpha value is -3.32. The minimum Gasteiger partial charge on any atom is -0.497 e. The number of nitrogens with one attached hydrogen (secondary N) is 1. The Morgan fingerprint density at radius 1 is 1.12 bits per heavy atom. The zero-order valence-electron chi connectivity index (χ0n) is 19.4. The fraction of sp³-hybridized carbons (Fsp3) is 0.385. The van der Waals surface area contributed by atoms with E-state index in [0.717, 1.165) is 46.4 Å². The van der Waals surface area contributed by atoms with Crippen LogP contribution in [-0.2, 0) is 16.0 Å². The fourth-order valence-corrected chi connectivity index (χ4v) is 5.25. The maximum absolute atomic E-state index is 13.6. The molecule has 0 bridgehead atoms. The predicted molar refractivity (Wildman–Crippen MR) is 127 cm³/mol. The molecule has 2 aliphatic heterocycles. The lowest BCUT2D eigenvalue weighted by molar-refractivity contribution is -0.158. The highest BCUT2D eigenvalue weighted by Crippen LogP contribution is 2.43. The number of aromatic amines is 1. The summed E-state index contributed by atoms with van der Waals surface area (Å²) in [5.41, 5.74) is 4.07. The number of H-pyrrole nitrogens is 1. The summed E-state index contributed by atoms with van der Waals surface area (Å²) in [4.78, 5) is 36.4. The average molecular weight is 447 g/mol. The van der Waals surface area contributed by atoms with Gasteiger partial charge in [-0.15, -0.1) is 0 Å². The monoisotopic (exact) mass is 446 g/mol. The Kier molecular flexibility index (Phi) is 5.58. The Morgan fingerprint density at radius 2 is 1.94 bits per heavy atom. The molecule has 7 nitrogen and oxygen atoms in total. The van der Waals surface area contributed by atoms with Crippen molar-refractivity contribution in [1.82, 2.24) is 19.7 Å². The van der Waals surface area contributed by atoms with Gasteiger partial charge in [0.1, 0.15) is 11.8 Å². The molecular formula is C26H30N4O3. The number of ether oxygens (including phenoxy) is 1. The molecule has 3 aromatic rings. The Bertz CT molecular complexity index is 1200. The van der Waals surface area contributed by atoms with E-state index in [1.165, 1.54) is 0 Å².